The van der Waals surface area contributed by atoms with Crippen molar-refractivity contribution in [1.82, 2.24) is 14.9 Å². The molecule has 9 heteroatoms. The molecule has 1 aliphatic heterocycles. The Hall–Kier alpha value is -4.11. The Balaban J connectivity index is 1.39. The number of rotatable bonds is 10. The first-order valence-corrected chi connectivity index (χ1v) is 14.2. The second-order valence-electron chi connectivity index (χ2n) is 9.71. The van der Waals surface area contributed by atoms with E-state index in [0.29, 0.717) is 25.3 Å². The number of aryl methyl sites for hydroxylation is 2. The van der Waals surface area contributed by atoms with E-state index in [1.807, 2.05) is 24.3 Å². The molecular weight excluding hydrogens is 526 g/mol. The molecule has 3 aromatic carbocycles. The first-order valence-electron chi connectivity index (χ1n) is 13.3. The average Bonchev–Trinajstić information content (AvgIpc) is 3.47. The van der Waals surface area contributed by atoms with Gasteiger partial charge in [-0.15, -0.1) is 0 Å². The van der Waals surface area contributed by atoms with Gasteiger partial charge in [-0.2, -0.15) is 0 Å². The number of hydrogen-bond acceptors (Lipinski definition) is 7. The molecule has 5 rings (SSSR count). The van der Waals surface area contributed by atoms with E-state index in [1.165, 1.54) is 7.11 Å². The summed E-state index contributed by atoms with van der Waals surface area (Å²) < 4.78 is 13.3. The standard InChI is InChI=1S/C31H31N3O5S/c1-4-8-27-32-28-19(2)15-22(21-9-6-5-7-10-21)18-24(28)34(27)13-14-39-25-12-11-20(16-23(25)30(36)38-3)17-26-29(35)33-31(37)40-26/h5-7,9-12,15-16,18,26H,4,8,13-14,17H2,1-3H3,(H,33,35,37). The van der Waals surface area contributed by atoms with Gasteiger partial charge in [-0.25, -0.2) is 9.78 Å². The van der Waals surface area contributed by atoms with Crippen LogP contribution in [0.3, 0.4) is 0 Å². The molecule has 0 radical (unpaired) electrons. The number of nitrogens with one attached hydrogen (secondary N) is 1. The van der Waals surface area contributed by atoms with Gasteiger partial charge >= 0.3 is 5.97 Å². The van der Waals surface area contributed by atoms with Crippen LogP contribution in [0.25, 0.3) is 22.2 Å². The summed E-state index contributed by atoms with van der Waals surface area (Å²) in [7, 11) is 1.32. The molecule has 4 aromatic rings. The summed E-state index contributed by atoms with van der Waals surface area (Å²) in [5, 5.41) is 1.41. The first kappa shape index (κ1) is 27.5. The zero-order chi connectivity index (χ0) is 28.2. The fraction of sp³-hybridized carbons (Fsp3) is 0.290. The van der Waals surface area contributed by atoms with Crippen LogP contribution in [0.15, 0.2) is 60.7 Å². The Bertz CT molecular complexity index is 1580. The number of ether oxygens (including phenoxy) is 2. The van der Waals surface area contributed by atoms with Crippen molar-refractivity contribution in [2.75, 3.05) is 13.7 Å². The number of aromatic nitrogens is 2. The van der Waals surface area contributed by atoms with Crippen molar-refractivity contribution in [3.8, 4) is 16.9 Å². The van der Waals surface area contributed by atoms with Gasteiger partial charge in [-0.05, 0) is 66.3 Å². The summed E-state index contributed by atoms with van der Waals surface area (Å²) in [6.07, 6.45) is 2.12. The highest BCUT2D eigenvalue weighted by atomic mass is 32.2. The van der Waals surface area contributed by atoms with Crippen molar-refractivity contribution in [3.63, 3.8) is 0 Å². The Morgan fingerprint density at radius 3 is 2.58 bits per heavy atom. The number of nitrogens with zero attached hydrogens (tertiary/aromatic N) is 2. The van der Waals surface area contributed by atoms with Crippen LogP contribution in [0, 0.1) is 6.92 Å². The zero-order valence-electron chi connectivity index (χ0n) is 22.7. The lowest BCUT2D eigenvalue weighted by Gasteiger charge is -2.15. The molecule has 2 amide bonds. The largest absolute Gasteiger partial charge is 0.491 e. The van der Waals surface area contributed by atoms with Crippen LogP contribution in [0.5, 0.6) is 5.75 Å². The van der Waals surface area contributed by atoms with Gasteiger partial charge in [-0.3, -0.25) is 14.9 Å². The highest BCUT2D eigenvalue weighted by molar-refractivity contribution is 8.15. The van der Waals surface area contributed by atoms with Crippen molar-refractivity contribution < 1.29 is 23.9 Å². The summed E-state index contributed by atoms with van der Waals surface area (Å²) in [6, 6.07) is 19.8. The molecule has 1 fully saturated rings. The number of esters is 1. The highest BCUT2D eigenvalue weighted by Crippen LogP contribution is 2.30. The summed E-state index contributed by atoms with van der Waals surface area (Å²) in [6.45, 7) is 5.09. The minimum Gasteiger partial charge on any atom is -0.491 e. The van der Waals surface area contributed by atoms with Crippen LogP contribution in [0.1, 0.15) is 40.7 Å². The Morgan fingerprint density at radius 1 is 1.07 bits per heavy atom. The van der Waals surface area contributed by atoms with Crippen molar-refractivity contribution in [3.05, 3.63) is 83.2 Å². The molecule has 206 valence electrons. The molecule has 1 aliphatic rings. The molecule has 0 saturated carbocycles. The van der Waals surface area contributed by atoms with Gasteiger partial charge in [0.1, 0.15) is 23.7 Å². The monoisotopic (exact) mass is 557 g/mol. The lowest BCUT2D eigenvalue weighted by molar-refractivity contribution is -0.118. The number of carbonyl (C=O) groups excluding carboxylic acids is 3. The summed E-state index contributed by atoms with van der Waals surface area (Å²) >= 11 is 0.956. The van der Waals surface area contributed by atoms with Gasteiger partial charge in [0.05, 0.1) is 29.9 Å². The second-order valence-corrected chi connectivity index (χ2v) is 10.9. The van der Waals surface area contributed by atoms with E-state index in [-0.39, 0.29) is 16.7 Å². The zero-order valence-corrected chi connectivity index (χ0v) is 23.5. The third-order valence-electron chi connectivity index (χ3n) is 6.91. The maximum Gasteiger partial charge on any atom is 0.341 e. The van der Waals surface area contributed by atoms with Gasteiger partial charge in [0.15, 0.2) is 0 Å². The van der Waals surface area contributed by atoms with Crippen LogP contribution in [0.4, 0.5) is 4.79 Å². The SMILES string of the molecule is CCCc1nc2c(C)cc(-c3ccccc3)cc2n1CCOc1ccc(CC2SC(=O)NC2=O)cc1C(=O)OC. The molecule has 0 spiro atoms. The lowest BCUT2D eigenvalue weighted by Crippen LogP contribution is -2.25. The minimum absolute atomic E-state index is 0.279. The van der Waals surface area contributed by atoms with Gasteiger partial charge < -0.3 is 14.0 Å². The Morgan fingerprint density at radius 2 is 1.88 bits per heavy atom. The van der Waals surface area contributed by atoms with Crippen LogP contribution in [0.2, 0.25) is 0 Å². The van der Waals surface area contributed by atoms with E-state index < -0.39 is 11.2 Å². The van der Waals surface area contributed by atoms with Crippen molar-refractivity contribution >= 4 is 39.9 Å². The second kappa shape index (κ2) is 12.0. The van der Waals surface area contributed by atoms with E-state index in [9.17, 15) is 14.4 Å². The molecule has 1 saturated heterocycles. The maximum atomic E-state index is 12.6. The van der Waals surface area contributed by atoms with Crippen LogP contribution in [-0.4, -0.2) is 45.6 Å². The number of amides is 2. The summed E-state index contributed by atoms with van der Waals surface area (Å²) in [4.78, 5) is 41.1. The van der Waals surface area contributed by atoms with Crippen molar-refractivity contribution in [1.29, 1.82) is 0 Å². The van der Waals surface area contributed by atoms with Crippen LogP contribution < -0.4 is 10.1 Å². The number of benzene rings is 3. The molecule has 1 N–H and O–H groups in total. The predicted octanol–water partition coefficient (Wildman–Crippen LogP) is 5.72. The fourth-order valence-electron chi connectivity index (χ4n) is 4.99. The van der Waals surface area contributed by atoms with Crippen LogP contribution >= 0.6 is 11.8 Å². The molecule has 0 aliphatic carbocycles. The van der Waals surface area contributed by atoms with Gasteiger partial charge in [0.2, 0.25) is 5.91 Å². The molecule has 40 heavy (non-hydrogen) atoms. The van der Waals surface area contributed by atoms with E-state index in [4.69, 9.17) is 14.5 Å². The van der Waals surface area contributed by atoms with E-state index in [1.54, 1.807) is 12.1 Å². The number of thioether (sulfide) groups is 1. The van der Waals surface area contributed by atoms with Gasteiger partial charge in [0.25, 0.3) is 5.24 Å². The molecule has 8 nitrogen and oxygen atoms in total. The summed E-state index contributed by atoms with van der Waals surface area (Å²) in [5.74, 6) is 0.549. The third-order valence-corrected chi connectivity index (χ3v) is 7.90. The third kappa shape index (κ3) is 5.74. The van der Waals surface area contributed by atoms with E-state index >= 15 is 0 Å². The topological polar surface area (TPSA) is 99.5 Å². The number of methoxy groups -OCH3 is 1. The lowest BCUT2D eigenvalue weighted by atomic mass is 10.0. The highest BCUT2D eigenvalue weighted by Gasteiger charge is 2.32. The molecule has 1 atom stereocenters. The van der Waals surface area contributed by atoms with Gasteiger partial charge in [0, 0.05) is 6.42 Å². The number of imide groups is 1. The molecule has 1 aromatic heterocycles. The first-order chi connectivity index (χ1) is 19.4. The number of carbonyl (C=O) groups is 3. The maximum absolute atomic E-state index is 12.6. The molecule has 2 heterocycles. The van der Waals surface area contributed by atoms with Gasteiger partial charge in [-0.1, -0.05) is 55.1 Å². The fourth-order valence-corrected chi connectivity index (χ4v) is 5.85. The smallest absolute Gasteiger partial charge is 0.341 e. The Labute approximate surface area is 237 Å². The molecular formula is C31H31N3O5S. The quantitative estimate of drug-likeness (QED) is 0.249. The van der Waals surface area contributed by atoms with E-state index in [0.717, 1.165) is 63.7 Å². The van der Waals surface area contributed by atoms with Crippen molar-refractivity contribution in [2.45, 2.75) is 44.9 Å². The molecule has 0 bridgehead atoms. The Kier molecular flexibility index (Phi) is 8.21. The minimum atomic E-state index is -0.528. The number of fused-ring (bicyclic) bond motifs is 1. The predicted molar refractivity (Wildman–Crippen MR) is 156 cm³/mol. The number of hydrogen-bond donors (Lipinski definition) is 1. The average molecular weight is 558 g/mol. The summed E-state index contributed by atoms with van der Waals surface area (Å²) in [5.41, 5.74) is 6.45. The normalized spacial score (nSPS) is 14.9. The van der Waals surface area contributed by atoms with Crippen LogP contribution in [-0.2, 0) is 28.9 Å². The van der Waals surface area contributed by atoms with E-state index in [2.05, 4.69) is 48.0 Å². The number of imidazole rings is 1. The molecule has 1 unspecified atom stereocenters. The van der Waals surface area contributed by atoms with Crippen molar-refractivity contribution in [2.24, 2.45) is 0 Å².